The normalized spacial score (nSPS) is 12.3. The van der Waals surface area contributed by atoms with Gasteiger partial charge in [0.2, 0.25) is 0 Å². The standard InChI is InChI=1S/C14H8F4O/c1-19-7-2-6-3-9-8(12(6)10(15)4-7)5-11(16)14(18)13(9)17/h2,4-5H,3H2,1H3. The van der Waals surface area contributed by atoms with Crippen molar-refractivity contribution in [1.82, 2.24) is 0 Å². The molecule has 2 aromatic carbocycles. The van der Waals surface area contributed by atoms with Crippen LogP contribution in [0.25, 0.3) is 11.1 Å². The van der Waals surface area contributed by atoms with E-state index in [1.165, 1.54) is 13.2 Å². The lowest BCUT2D eigenvalue weighted by Crippen LogP contribution is -1.96. The van der Waals surface area contributed by atoms with Crippen LogP contribution in [0.2, 0.25) is 0 Å². The monoisotopic (exact) mass is 268 g/mol. The summed E-state index contributed by atoms with van der Waals surface area (Å²) in [4.78, 5) is 0. The van der Waals surface area contributed by atoms with E-state index < -0.39 is 23.3 Å². The molecule has 0 atom stereocenters. The fourth-order valence-electron chi connectivity index (χ4n) is 2.41. The second-order valence-electron chi connectivity index (χ2n) is 4.33. The largest absolute Gasteiger partial charge is 0.497 e. The summed E-state index contributed by atoms with van der Waals surface area (Å²) in [6, 6.07) is 3.50. The molecule has 1 nitrogen and oxygen atoms in total. The first-order valence-corrected chi connectivity index (χ1v) is 5.56. The Bertz CT molecular complexity index is 695. The first kappa shape index (κ1) is 12.0. The Morgan fingerprint density at radius 2 is 1.68 bits per heavy atom. The third kappa shape index (κ3) is 1.61. The molecule has 0 aliphatic heterocycles. The second-order valence-corrected chi connectivity index (χ2v) is 4.33. The minimum atomic E-state index is -1.53. The Hall–Kier alpha value is -2.04. The van der Waals surface area contributed by atoms with Crippen LogP contribution in [0.1, 0.15) is 11.1 Å². The molecule has 0 saturated heterocycles. The molecule has 0 N–H and O–H groups in total. The van der Waals surface area contributed by atoms with Crippen LogP contribution in [0.3, 0.4) is 0 Å². The van der Waals surface area contributed by atoms with Crippen molar-refractivity contribution in [2.45, 2.75) is 6.42 Å². The molecule has 0 heterocycles. The number of halogens is 4. The van der Waals surface area contributed by atoms with E-state index in [1.54, 1.807) is 0 Å². The second kappa shape index (κ2) is 3.98. The molecule has 1 aliphatic carbocycles. The van der Waals surface area contributed by atoms with E-state index in [0.29, 0.717) is 5.56 Å². The highest BCUT2D eigenvalue weighted by Crippen LogP contribution is 2.42. The quantitative estimate of drug-likeness (QED) is 0.481. The number of rotatable bonds is 1. The van der Waals surface area contributed by atoms with Crippen molar-refractivity contribution in [1.29, 1.82) is 0 Å². The maximum atomic E-state index is 14.0. The maximum absolute atomic E-state index is 14.0. The number of benzene rings is 2. The summed E-state index contributed by atoms with van der Waals surface area (Å²) in [5.74, 6) is -4.47. The highest BCUT2D eigenvalue weighted by Gasteiger charge is 2.29. The van der Waals surface area contributed by atoms with Gasteiger partial charge in [-0.2, -0.15) is 0 Å². The number of ether oxygens (including phenoxy) is 1. The van der Waals surface area contributed by atoms with E-state index in [9.17, 15) is 17.6 Å². The van der Waals surface area contributed by atoms with Crippen molar-refractivity contribution < 1.29 is 22.3 Å². The van der Waals surface area contributed by atoms with Gasteiger partial charge in [0, 0.05) is 23.6 Å². The predicted molar refractivity (Wildman–Crippen MR) is 61.1 cm³/mol. The third-order valence-corrected chi connectivity index (χ3v) is 3.28. The molecule has 19 heavy (non-hydrogen) atoms. The van der Waals surface area contributed by atoms with Gasteiger partial charge in [0.05, 0.1) is 7.11 Å². The van der Waals surface area contributed by atoms with Crippen LogP contribution in [0.4, 0.5) is 17.6 Å². The van der Waals surface area contributed by atoms with Gasteiger partial charge in [-0.25, -0.2) is 17.6 Å². The van der Waals surface area contributed by atoms with Gasteiger partial charge in [-0.3, -0.25) is 0 Å². The fourth-order valence-corrected chi connectivity index (χ4v) is 2.41. The van der Waals surface area contributed by atoms with Crippen LogP contribution in [0.15, 0.2) is 18.2 Å². The van der Waals surface area contributed by atoms with Gasteiger partial charge >= 0.3 is 0 Å². The summed E-state index contributed by atoms with van der Waals surface area (Å²) < 4.78 is 59.0. The van der Waals surface area contributed by atoms with E-state index in [1.807, 2.05) is 0 Å². The van der Waals surface area contributed by atoms with Crippen LogP contribution in [-0.4, -0.2) is 7.11 Å². The Morgan fingerprint density at radius 3 is 2.37 bits per heavy atom. The van der Waals surface area contributed by atoms with E-state index in [2.05, 4.69) is 0 Å². The summed E-state index contributed by atoms with van der Waals surface area (Å²) in [5, 5.41) is 0. The Morgan fingerprint density at radius 1 is 0.947 bits per heavy atom. The van der Waals surface area contributed by atoms with Gasteiger partial charge in [-0.1, -0.05) is 0 Å². The van der Waals surface area contributed by atoms with E-state index in [0.717, 1.165) is 12.1 Å². The summed E-state index contributed by atoms with van der Waals surface area (Å²) in [6.07, 6.45) is 0.0157. The summed E-state index contributed by atoms with van der Waals surface area (Å²) in [5.41, 5.74) is 0.594. The topological polar surface area (TPSA) is 9.23 Å². The highest BCUT2D eigenvalue weighted by molar-refractivity contribution is 5.78. The first-order chi connectivity index (χ1) is 9.02. The van der Waals surface area contributed by atoms with Crippen LogP contribution in [0.5, 0.6) is 5.75 Å². The van der Waals surface area contributed by atoms with Gasteiger partial charge in [-0.05, 0) is 23.3 Å². The van der Waals surface area contributed by atoms with Gasteiger partial charge in [-0.15, -0.1) is 0 Å². The molecule has 0 amide bonds. The molecule has 0 unspecified atom stereocenters. The van der Waals surface area contributed by atoms with E-state index in [-0.39, 0.29) is 28.9 Å². The molecular formula is C14H8F4O. The molecule has 0 aromatic heterocycles. The zero-order chi connectivity index (χ0) is 13.7. The molecule has 5 heteroatoms. The molecule has 0 spiro atoms. The molecule has 0 bridgehead atoms. The van der Waals surface area contributed by atoms with Crippen molar-refractivity contribution >= 4 is 0 Å². The van der Waals surface area contributed by atoms with Crippen molar-refractivity contribution in [3.8, 4) is 16.9 Å². The minimum Gasteiger partial charge on any atom is -0.497 e. The molecule has 1 aliphatic rings. The predicted octanol–water partition coefficient (Wildman–Crippen LogP) is 3.82. The molecule has 3 rings (SSSR count). The van der Waals surface area contributed by atoms with Crippen molar-refractivity contribution in [3.05, 3.63) is 52.6 Å². The lowest BCUT2D eigenvalue weighted by atomic mass is 10.0. The SMILES string of the molecule is COc1cc(F)c2c(c1)Cc1c-2cc(F)c(F)c1F. The number of methoxy groups -OCH3 is 1. The van der Waals surface area contributed by atoms with Gasteiger partial charge < -0.3 is 4.74 Å². The molecule has 98 valence electrons. The minimum absolute atomic E-state index is 0.0157. The van der Waals surface area contributed by atoms with Crippen molar-refractivity contribution in [3.63, 3.8) is 0 Å². The Balaban J connectivity index is 2.30. The number of hydrogen-bond acceptors (Lipinski definition) is 1. The summed E-state index contributed by atoms with van der Waals surface area (Å²) >= 11 is 0. The Kier molecular flexibility index (Phi) is 2.52. The lowest BCUT2D eigenvalue weighted by Gasteiger charge is -2.06. The van der Waals surface area contributed by atoms with Crippen LogP contribution >= 0.6 is 0 Å². The molecule has 0 fully saturated rings. The zero-order valence-corrected chi connectivity index (χ0v) is 9.86. The maximum Gasteiger partial charge on any atom is 0.194 e. The Labute approximate surface area is 106 Å². The summed E-state index contributed by atoms with van der Waals surface area (Å²) in [7, 11) is 1.38. The van der Waals surface area contributed by atoms with Gasteiger partial charge in [0.25, 0.3) is 0 Å². The zero-order valence-electron chi connectivity index (χ0n) is 9.86. The van der Waals surface area contributed by atoms with Gasteiger partial charge in [0.15, 0.2) is 17.5 Å². The van der Waals surface area contributed by atoms with Crippen molar-refractivity contribution in [2.24, 2.45) is 0 Å². The number of fused-ring (bicyclic) bond motifs is 3. The number of hydrogen-bond donors (Lipinski definition) is 0. The van der Waals surface area contributed by atoms with Crippen LogP contribution in [-0.2, 0) is 6.42 Å². The highest BCUT2D eigenvalue weighted by atomic mass is 19.2. The van der Waals surface area contributed by atoms with Crippen molar-refractivity contribution in [2.75, 3.05) is 7.11 Å². The molecule has 0 radical (unpaired) electrons. The first-order valence-electron chi connectivity index (χ1n) is 5.56. The van der Waals surface area contributed by atoms with E-state index >= 15 is 0 Å². The average Bonchev–Trinajstić information content (AvgIpc) is 2.75. The molecule has 2 aromatic rings. The molecular weight excluding hydrogens is 260 g/mol. The van der Waals surface area contributed by atoms with E-state index in [4.69, 9.17) is 4.74 Å². The van der Waals surface area contributed by atoms with Gasteiger partial charge in [0.1, 0.15) is 11.6 Å². The fraction of sp³-hybridized carbons (Fsp3) is 0.143. The smallest absolute Gasteiger partial charge is 0.194 e. The summed E-state index contributed by atoms with van der Waals surface area (Å²) in [6.45, 7) is 0. The van der Waals surface area contributed by atoms with Crippen LogP contribution in [0, 0.1) is 23.3 Å². The van der Waals surface area contributed by atoms with Crippen LogP contribution < -0.4 is 4.74 Å². The molecule has 0 saturated carbocycles. The average molecular weight is 268 g/mol. The third-order valence-electron chi connectivity index (χ3n) is 3.28. The lowest BCUT2D eigenvalue weighted by molar-refractivity contribution is 0.411.